The summed E-state index contributed by atoms with van der Waals surface area (Å²) in [6.45, 7) is 2.03. The molecule has 0 radical (unpaired) electrons. The van der Waals surface area contributed by atoms with Gasteiger partial charge in [0.25, 0.3) is 0 Å². The lowest BCUT2D eigenvalue weighted by Gasteiger charge is -2.09. The summed E-state index contributed by atoms with van der Waals surface area (Å²) >= 11 is 0. The maximum Gasteiger partial charge on any atom is 0.165 e. The molecule has 2 rings (SSSR count). The van der Waals surface area contributed by atoms with Crippen molar-refractivity contribution < 1.29 is 10.2 Å². The first kappa shape index (κ1) is 12.2. The number of allylic oxidation sites excluding steroid dienone is 1. The van der Waals surface area contributed by atoms with Gasteiger partial charge in [-0.1, -0.05) is 55.5 Å². The van der Waals surface area contributed by atoms with Gasteiger partial charge in [0.05, 0.1) is 0 Å². The fourth-order valence-electron chi connectivity index (χ4n) is 1.91. The van der Waals surface area contributed by atoms with Gasteiger partial charge in [-0.3, -0.25) is 0 Å². The van der Waals surface area contributed by atoms with Gasteiger partial charge < -0.3 is 10.2 Å². The van der Waals surface area contributed by atoms with Crippen molar-refractivity contribution in [2.24, 2.45) is 0 Å². The molecule has 2 nitrogen and oxygen atoms in total. The average molecular weight is 240 g/mol. The molecule has 18 heavy (non-hydrogen) atoms. The molecule has 0 spiro atoms. The fraction of sp³-hybridized carbons (Fsp3) is 0.125. The van der Waals surface area contributed by atoms with E-state index in [1.54, 1.807) is 6.07 Å². The number of rotatable bonds is 3. The van der Waals surface area contributed by atoms with Crippen LogP contribution >= 0.6 is 0 Å². The van der Waals surface area contributed by atoms with E-state index in [1.807, 2.05) is 49.4 Å². The maximum atomic E-state index is 9.89. The van der Waals surface area contributed by atoms with Crippen LogP contribution in [0.25, 0.3) is 11.6 Å². The minimum atomic E-state index is -0.0834. The molecular formula is C16H16O2. The van der Waals surface area contributed by atoms with Crippen molar-refractivity contribution in [3.05, 3.63) is 59.7 Å². The zero-order valence-corrected chi connectivity index (χ0v) is 10.3. The molecule has 0 bridgehead atoms. The highest BCUT2D eigenvalue weighted by molar-refractivity contribution is 5.84. The summed E-state index contributed by atoms with van der Waals surface area (Å²) in [5.41, 5.74) is 2.76. The molecule has 0 aliphatic rings. The van der Waals surface area contributed by atoms with Crippen LogP contribution in [0.1, 0.15) is 24.5 Å². The van der Waals surface area contributed by atoms with E-state index in [4.69, 9.17) is 0 Å². The molecule has 0 aromatic heterocycles. The van der Waals surface area contributed by atoms with Gasteiger partial charge in [-0.25, -0.2) is 0 Å². The zero-order chi connectivity index (χ0) is 13.0. The first-order valence-electron chi connectivity index (χ1n) is 5.99. The lowest BCUT2D eigenvalue weighted by atomic mass is 9.99. The monoisotopic (exact) mass is 240 g/mol. The molecule has 0 heterocycles. The molecule has 0 amide bonds. The van der Waals surface area contributed by atoms with Crippen LogP contribution in [0.15, 0.2) is 48.5 Å². The van der Waals surface area contributed by atoms with Crippen molar-refractivity contribution >= 4 is 11.6 Å². The van der Waals surface area contributed by atoms with Gasteiger partial charge in [-0.15, -0.1) is 0 Å². The molecule has 0 fully saturated rings. The zero-order valence-electron chi connectivity index (χ0n) is 10.3. The van der Waals surface area contributed by atoms with E-state index in [1.165, 1.54) is 6.07 Å². The number of phenolic OH excluding ortho intramolecular Hbond substituents is 2. The van der Waals surface area contributed by atoms with E-state index in [2.05, 4.69) is 0 Å². The molecule has 0 aliphatic heterocycles. The molecule has 0 atom stereocenters. The quantitative estimate of drug-likeness (QED) is 0.627. The van der Waals surface area contributed by atoms with Crippen molar-refractivity contribution in [2.75, 3.05) is 0 Å². The standard InChI is InChI=1S/C16H16O2/c1-2-13(11-12-7-4-3-5-8-12)14-9-6-10-15(17)16(14)18/h3-11,17-18H,2H2,1H3. The molecule has 0 unspecified atom stereocenters. The van der Waals surface area contributed by atoms with E-state index in [0.717, 1.165) is 17.6 Å². The Hall–Kier alpha value is -2.22. The molecule has 0 saturated carbocycles. The number of hydrogen-bond acceptors (Lipinski definition) is 2. The van der Waals surface area contributed by atoms with E-state index >= 15 is 0 Å². The van der Waals surface area contributed by atoms with Crippen molar-refractivity contribution in [1.29, 1.82) is 0 Å². The highest BCUT2D eigenvalue weighted by atomic mass is 16.3. The summed E-state index contributed by atoms with van der Waals surface area (Å²) in [6.07, 6.45) is 2.81. The molecule has 2 aromatic carbocycles. The number of hydrogen-bond donors (Lipinski definition) is 2. The van der Waals surface area contributed by atoms with E-state index in [0.29, 0.717) is 5.56 Å². The SMILES string of the molecule is CCC(=Cc1ccccc1)c1cccc(O)c1O. The van der Waals surface area contributed by atoms with Crippen LogP contribution in [0.3, 0.4) is 0 Å². The predicted molar refractivity (Wildman–Crippen MR) is 74.4 cm³/mol. The normalized spacial score (nSPS) is 11.5. The Kier molecular flexibility index (Phi) is 3.68. The second kappa shape index (κ2) is 5.41. The van der Waals surface area contributed by atoms with Crippen LogP contribution in [0.5, 0.6) is 11.5 Å². The maximum absolute atomic E-state index is 9.89. The third kappa shape index (κ3) is 2.54. The second-order valence-electron chi connectivity index (χ2n) is 4.11. The first-order valence-corrected chi connectivity index (χ1v) is 5.99. The summed E-state index contributed by atoms with van der Waals surface area (Å²) in [5.74, 6) is -0.138. The molecule has 2 aromatic rings. The predicted octanol–water partition coefficient (Wildman–Crippen LogP) is 4.05. The highest BCUT2D eigenvalue weighted by Crippen LogP contribution is 2.35. The average Bonchev–Trinajstić information content (AvgIpc) is 2.41. The molecule has 0 saturated heterocycles. The van der Waals surface area contributed by atoms with E-state index < -0.39 is 0 Å². The Bertz CT molecular complexity index is 557. The molecule has 92 valence electrons. The number of aromatic hydroxyl groups is 2. The van der Waals surface area contributed by atoms with Crippen LogP contribution < -0.4 is 0 Å². The number of phenols is 2. The van der Waals surface area contributed by atoms with Gasteiger partial charge in [-0.05, 0) is 23.6 Å². The van der Waals surface area contributed by atoms with Crippen LogP contribution in [0, 0.1) is 0 Å². The summed E-state index contributed by atoms with van der Waals surface area (Å²) in [5, 5.41) is 19.4. The van der Waals surface area contributed by atoms with Crippen molar-refractivity contribution in [3.8, 4) is 11.5 Å². The minimum absolute atomic E-state index is 0.0541. The Balaban J connectivity index is 2.46. The Labute approximate surface area is 107 Å². The second-order valence-corrected chi connectivity index (χ2v) is 4.11. The number of para-hydroxylation sites is 1. The topological polar surface area (TPSA) is 40.5 Å². The third-order valence-electron chi connectivity index (χ3n) is 2.88. The fourth-order valence-corrected chi connectivity index (χ4v) is 1.91. The van der Waals surface area contributed by atoms with Crippen LogP contribution in [0.4, 0.5) is 0 Å². The minimum Gasteiger partial charge on any atom is -0.504 e. The Morgan fingerprint density at radius 1 is 1.00 bits per heavy atom. The van der Waals surface area contributed by atoms with E-state index in [-0.39, 0.29) is 11.5 Å². The summed E-state index contributed by atoms with van der Waals surface area (Å²) in [4.78, 5) is 0. The Morgan fingerprint density at radius 3 is 2.39 bits per heavy atom. The first-order chi connectivity index (χ1) is 8.72. The van der Waals surface area contributed by atoms with Gasteiger partial charge in [0.1, 0.15) is 0 Å². The molecule has 2 N–H and O–H groups in total. The van der Waals surface area contributed by atoms with Crippen molar-refractivity contribution in [3.63, 3.8) is 0 Å². The van der Waals surface area contributed by atoms with Crippen LogP contribution in [-0.4, -0.2) is 10.2 Å². The lowest BCUT2D eigenvalue weighted by molar-refractivity contribution is 0.402. The van der Waals surface area contributed by atoms with Crippen molar-refractivity contribution in [2.45, 2.75) is 13.3 Å². The smallest absolute Gasteiger partial charge is 0.165 e. The largest absolute Gasteiger partial charge is 0.504 e. The summed E-state index contributed by atoms with van der Waals surface area (Å²) < 4.78 is 0. The van der Waals surface area contributed by atoms with Gasteiger partial charge in [0.2, 0.25) is 0 Å². The van der Waals surface area contributed by atoms with E-state index in [9.17, 15) is 10.2 Å². The van der Waals surface area contributed by atoms with Crippen LogP contribution in [-0.2, 0) is 0 Å². The lowest BCUT2D eigenvalue weighted by Crippen LogP contribution is -1.85. The van der Waals surface area contributed by atoms with Gasteiger partial charge in [0, 0.05) is 5.56 Å². The molecular weight excluding hydrogens is 224 g/mol. The summed E-state index contributed by atoms with van der Waals surface area (Å²) in [7, 11) is 0. The Morgan fingerprint density at radius 2 is 1.72 bits per heavy atom. The molecule has 2 heteroatoms. The van der Waals surface area contributed by atoms with Gasteiger partial charge in [0.15, 0.2) is 11.5 Å². The van der Waals surface area contributed by atoms with Crippen molar-refractivity contribution in [1.82, 2.24) is 0 Å². The third-order valence-corrected chi connectivity index (χ3v) is 2.88. The van der Waals surface area contributed by atoms with Crippen LogP contribution in [0.2, 0.25) is 0 Å². The highest BCUT2D eigenvalue weighted by Gasteiger charge is 2.09. The molecule has 0 aliphatic carbocycles. The van der Waals surface area contributed by atoms with Gasteiger partial charge >= 0.3 is 0 Å². The number of benzene rings is 2. The summed E-state index contributed by atoms with van der Waals surface area (Å²) in [6, 6.07) is 15.0. The van der Waals surface area contributed by atoms with Gasteiger partial charge in [-0.2, -0.15) is 0 Å².